The van der Waals surface area contributed by atoms with E-state index in [9.17, 15) is 5.11 Å². The highest BCUT2D eigenvalue weighted by Crippen LogP contribution is 2.31. The largest absolute Gasteiger partial charge is 0.394 e. The van der Waals surface area contributed by atoms with E-state index < -0.39 is 0 Å². The topological polar surface area (TPSA) is 60.0 Å². The first-order chi connectivity index (χ1) is 9.26. The monoisotopic (exact) mass is 275 g/mol. The Hall–Kier alpha value is -0.200. The standard InChI is InChI=1S/C14H29NO4/c1-3-15-14(12-16)6-5-13(11-14)19-8-4-7-18-10-9-17-2/h13,15-16H,3-12H2,1-2H3. The van der Waals surface area contributed by atoms with Crippen molar-refractivity contribution in [2.45, 2.75) is 44.2 Å². The number of aliphatic hydroxyl groups is 1. The maximum atomic E-state index is 9.51. The lowest BCUT2D eigenvalue weighted by atomic mass is 9.99. The van der Waals surface area contributed by atoms with Crippen molar-refractivity contribution >= 4 is 0 Å². The lowest BCUT2D eigenvalue weighted by molar-refractivity contribution is 0.0210. The molecule has 2 unspecified atom stereocenters. The Morgan fingerprint density at radius 3 is 2.79 bits per heavy atom. The molecule has 0 aromatic carbocycles. The Balaban J connectivity index is 2.05. The maximum absolute atomic E-state index is 9.51. The highest BCUT2D eigenvalue weighted by atomic mass is 16.5. The van der Waals surface area contributed by atoms with Crippen LogP contribution in [0.25, 0.3) is 0 Å². The summed E-state index contributed by atoms with van der Waals surface area (Å²) in [7, 11) is 1.67. The van der Waals surface area contributed by atoms with Gasteiger partial charge in [0.05, 0.1) is 25.9 Å². The van der Waals surface area contributed by atoms with E-state index in [4.69, 9.17) is 14.2 Å². The molecule has 0 bridgehead atoms. The Morgan fingerprint density at radius 2 is 2.11 bits per heavy atom. The van der Waals surface area contributed by atoms with Crippen molar-refractivity contribution in [2.24, 2.45) is 0 Å². The quantitative estimate of drug-likeness (QED) is 0.550. The molecule has 114 valence electrons. The van der Waals surface area contributed by atoms with Crippen LogP contribution in [-0.4, -0.2) is 63.4 Å². The Labute approximate surface area is 116 Å². The van der Waals surface area contributed by atoms with Crippen LogP contribution in [0, 0.1) is 0 Å². The van der Waals surface area contributed by atoms with Gasteiger partial charge in [-0.15, -0.1) is 0 Å². The van der Waals surface area contributed by atoms with Crippen LogP contribution in [0.4, 0.5) is 0 Å². The van der Waals surface area contributed by atoms with Gasteiger partial charge in [0.15, 0.2) is 0 Å². The zero-order valence-corrected chi connectivity index (χ0v) is 12.3. The third-order valence-electron chi connectivity index (χ3n) is 3.64. The van der Waals surface area contributed by atoms with Gasteiger partial charge in [-0.3, -0.25) is 0 Å². The third kappa shape index (κ3) is 6.19. The minimum absolute atomic E-state index is 0.117. The third-order valence-corrected chi connectivity index (χ3v) is 3.64. The second-order valence-electron chi connectivity index (χ2n) is 5.16. The van der Waals surface area contributed by atoms with Gasteiger partial charge in [-0.1, -0.05) is 6.92 Å². The van der Waals surface area contributed by atoms with Crippen LogP contribution in [0.3, 0.4) is 0 Å². The summed E-state index contributed by atoms with van der Waals surface area (Å²) in [6.45, 7) is 5.89. The minimum Gasteiger partial charge on any atom is -0.394 e. The SMILES string of the molecule is CCNC1(CO)CCC(OCCCOCCOC)C1. The van der Waals surface area contributed by atoms with E-state index in [1.54, 1.807) is 7.11 Å². The predicted molar refractivity (Wildman–Crippen MR) is 74.4 cm³/mol. The molecule has 2 N–H and O–H groups in total. The molecule has 0 aromatic rings. The average Bonchev–Trinajstić information content (AvgIpc) is 2.82. The molecule has 19 heavy (non-hydrogen) atoms. The molecule has 0 aliphatic heterocycles. The van der Waals surface area contributed by atoms with E-state index in [2.05, 4.69) is 12.2 Å². The summed E-state index contributed by atoms with van der Waals surface area (Å²) in [4.78, 5) is 0. The van der Waals surface area contributed by atoms with E-state index in [1.807, 2.05) is 0 Å². The summed E-state index contributed by atoms with van der Waals surface area (Å²) in [5.74, 6) is 0. The lowest BCUT2D eigenvalue weighted by Crippen LogP contribution is -2.46. The van der Waals surface area contributed by atoms with Crippen LogP contribution in [0.15, 0.2) is 0 Å². The molecular formula is C14H29NO4. The molecule has 1 aliphatic rings. The summed E-state index contributed by atoms with van der Waals surface area (Å²) in [6.07, 6.45) is 4.10. The highest BCUT2D eigenvalue weighted by Gasteiger charge is 2.38. The van der Waals surface area contributed by atoms with Gasteiger partial charge in [-0.25, -0.2) is 0 Å². The highest BCUT2D eigenvalue weighted by molar-refractivity contribution is 4.96. The second-order valence-corrected chi connectivity index (χ2v) is 5.16. The summed E-state index contributed by atoms with van der Waals surface area (Å²) >= 11 is 0. The van der Waals surface area contributed by atoms with Gasteiger partial charge < -0.3 is 24.6 Å². The molecular weight excluding hydrogens is 246 g/mol. The van der Waals surface area contributed by atoms with Crippen molar-refractivity contribution in [1.29, 1.82) is 0 Å². The number of hydrogen-bond acceptors (Lipinski definition) is 5. The van der Waals surface area contributed by atoms with E-state index in [0.717, 1.165) is 38.8 Å². The van der Waals surface area contributed by atoms with Crippen LogP contribution in [0.5, 0.6) is 0 Å². The van der Waals surface area contributed by atoms with Crippen molar-refractivity contribution in [3.63, 3.8) is 0 Å². The van der Waals surface area contributed by atoms with Crippen LogP contribution in [0.1, 0.15) is 32.6 Å². The number of aliphatic hydroxyl groups excluding tert-OH is 1. The maximum Gasteiger partial charge on any atom is 0.0700 e. The molecule has 1 aliphatic carbocycles. The molecule has 0 spiro atoms. The van der Waals surface area contributed by atoms with Crippen molar-refractivity contribution in [1.82, 2.24) is 5.32 Å². The van der Waals surface area contributed by atoms with Crippen molar-refractivity contribution < 1.29 is 19.3 Å². The van der Waals surface area contributed by atoms with E-state index in [1.165, 1.54) is 0 Å². The van der Waals surface area contributed by atoms with Gasteiger partial charge in [-0.05, 0) is 32.2 Å². The van der Waals surface area contributed by atoms with Gasteiger partial charge in [0, 0.05) is 25.9 Å². The Bertz CT molecular complexity index is 227. The number of likely N-dealkylation sites (N-methyl/N-ethyl adjacent to an activating group) is 1. The molecule has 0 aromatic heterocycles. The van der Waals surface area contributed by atoms with Gasteiger partial charge in [0.2, 0.25) is 0 Å². The molecule has 0 radical (unpaired) electrons. The van der Waals surface area contributed by atoms with Crippen molar-refractivity contribution in [2.75, 3.05) is 46.7 Å². The number of nitrogens with one attached hydrogen (secondary N) is 1. The molecule has 0 heterocycles. The molecule has 0 amide bonds. The van der Waals surface area contributed by atoms with Crippen molar-refractivity contribution in [3.8, 4) is 0 Å². The van der Waals surface area contributed by atoms with Crippen LogP contribution in [0.2, 0.25) is 0 Å². The van der Waals surface area contributed by atoms with Crippen LogP contribution < -0.4 is 5.32 Å². The zero-order chi connectivity index (χ0) is 14.0. The van der Waals surface area contributed by atoms with E-state index >= 15 is 0 Å². The van der Waals surface area contributed by atoms with Gasteiger partial charge in [-0.2, -0.15) is 0 Å². The number of methoxy groups -OCH3 is 1. The van der Waals surface area contributed by atoms with E-state index in [-0.39, 0.29) is 18.2 Å². The first-order valence-corrected chi connectivity index (χ1v) is 7.30. The molecule has 1 saturated carbocycles. The molecule has 0 saturated heterocycles. The van der Waals surface area contributed by atoms with E-state index in [0.29, 0.717) is 19.8 Å². The molecule has 2 atom stereocenters. The lowest BCUT2D eigenvalue weighted by Gasteiger charge is -2.27. The van der Waals surface area contributed by atoms with Gasteiger partial charge in [0.25, 0.3) is 0 Å². The number of rotatable bonds is 11. The molecule has 5 heteroatoms. The minimum atomic E-state index is -0.117. The smallest absolute Gasteiger partial charge is 0.0700 e. The number of ether oxygens (including phenoxy) is 3. The normalized spacial score (nSPS) is 27.0. The van der Waals surface area contributed by atoms with Gasteiger partial charge >= 0.3 is 0 Å². The molecule has 1 fully saturated rings. The van der Waals surface area contributed by atoms with Crippen molar-refractivity contribution in [3.05, 3.63) is 0 Å². The molecule has 5 nitrogen and oxygen atoms in total. The predicted octanol–water partition coefficient (Wildman–Crippen LogP) is 0.949. The first kappa shape index (κ1) is 16.9. The fourth-order valence-electron chi connectivity index (χ4n) is 2.61. The number of hydrogen-bond donors (Lipinski definition) is 2. The summed E-state index contributed by atoms with van der Waals surface area (Å²) < 4.78 is 16.1. The summed E-state index contributed by atoms with van der Waals surface area (Å²) in [6, 6.07) is 0. The summed E-state index contributed by atoms with van der Waals surface area (Å²) in [5.41, 5.74) is -0.117. The summed E-state index contributed by atoms with van der Waals surface area (Å²) in [5, 5.41) is 12.9. The zero-order valence-electron chi connectivity index (χ0n) is 12.3. The van der Waals surface area contributed by atoms with Crippen LogP contribution >= 0.6 is 0 Å². The van der Waals surface area contributed by atoms with Gasteiger partial charge in [0.1, 0.15) is 0 Å². The first-order valence-electron chi connectivity index (χ1n) is 7.30. The Morgan fingerprint density at radius 1 is 1.26 bits per heavy atom. The average molecular weight is 275 g/mol. The molecule has 1 rings (SSSR count). The fourth-order valence-corrected chi connectivity index (χ4v) is 2.61. The second kappa shape index (κ2) is 9.66. The fraction of sp³-hybridized carbons (Fsp3) is 1.00. The van der Waals surface area contributed by atoms with Crippen LogP contribution in [-0.2, 0) is 14.2 Å². The Kier molecular flexibility index (Phi) is 8.57.